The summed E-state index contributed by atoms with van der Waals surface area (Å²) >= 11 is 0. The molecule has 1 aromatic carbocycles. The first-order chi connectivity index (χ1) is 9.68. The molecular weight excluding hydrogens is 250 g/mol. The lowest BCUT2D eigenvalue weighted by atomic mass is 9.59. The number of fused-ring (bicyclic) bond motifs is 3. The molecule has 3 fully saturated rings. The molecule has 20 heavy (non-hydrogen) atoms. The van der Waals surface area contributed by atoms with Crippen LogP contribution in [-0.4, -0.2) is 37.1 Å². The third-order valence-corrected chi connectivity index (χ3v) is 5.03. The van der Waals surface area contributed by atoms with Gasteiger partial charge in [-0.3, -0.25) is 4.79 Å². The second-order valence-electron chi connectivity index (χ2n) is 6.16. The van der Waals surface area contributed by atoms with E-state index in [0.717, 1.165) is 24.9 Å². The minimum atomic E-state index is -0.465. The number of rotatable bonds is 3. The number of nitrogens with zero attached hydrogens (tertiary/aromatic N) is 1. The maximum atomic E-state index is 12.8. The highest BCUT2D eigenvalue weighted by Gasteiger charge is 2.56. The molecule has 3 aliphatic rings. The third-order valence-electron chi connectivity index (χ3n) is 5.03. The first-order valence-corrected chi connectivity index (χ1v) is 7.61. The summed E-state index contributed by atoms with van der Waals surface area (Å²) < 4.78 is 5.47. The Labute approximate surface area is 120 Å². The molecule has 1 saturated carbocycles. The lowest BCUT2D eigenvalue weighted by molar-refractivity contribution is -0.160. The Morgan fingerprint density at radius 1 is 1.35 bits per heavy atom. The van der Waals surface area contributed by atoms with Crippen molar-refractivity contribution < 1.29 is 9.53 Å². The first kappa shape index (κ1) is 13.6. The summed E-state index contributed by atoms with van der Waals surface area (Å²) in [4.78, 5) is 15.2. The molecule has 1 aromatic rings. The predicted molar refractivity (Wildman–Crippen MR) is 78.5 cm³/mol. The maximum absolute atomic E-state index is 12.8. The van der Waals surface area contributed by atoms with Crippen molar-refractivity contribution in [2.75, 3.05) is 20.2 Å². The van der Waals surface area contributed by atoms with Crippen LogP contribution in [0.25, 0.3) is 0 Å². The Morgan fingerprint density at radius 3 is 2.70 bits per heavy atom. The Morgan fingerprint density at radius 2 is 2.10 bits per heavy atom. The van der Waals surface area contributed by atoms with Crippen LogP contribution in [0, 0.1) is 5.92 Å². The zero-order valence-corrected chi connectivity index (χ0v) is 12.3. The highest BCUT2D eigenvalue weighted by molar-refractivity contribution is 5.85. The zero-order chi connectivity index (χ0) is 14.2. The number of hydrogen-bond acceptors (Lipinski definition) is 3. The molecule has 3 heteroatoms. The van der Waals surface area contributed by atoms with Crippen molar-refractivity contribution in [1.29, 1.82) is 0 Å². The molecule has 0 N–H and O–H groups in total. The van der Waals surface area contributed by atoms with Gasteiger partial charge in [-0.25, -0.2) is 0 Å². The van der Waals surface area contributed by atoms with Gasteiger partial charge in [0.25, 0.3) is 0 Å². The lowest BCUT2D eigenvalue weighted by Gasteiger charge is -2.54. The second kappa shape index (κ2) is 5.21. The summed E-state index contributed by atoms with van der Waals surface area (Å²) in [6.07, 6.45) is 3.27. The van der Waals surface area contributed by atoms with Crippen molar-refractivity contribution >= 4 is 5.97 Å². The fourth-order valence-electron chi connectivity index (χ4n) is 4.26. The van der Waals surface area contributed by atoms with Gasteiger partial charge in [0.15, 0.2) is 0 Å². The van der Waals surface area contributed by atoms with Crippen molar-refractivity contribution in [1.82, 2.24) is 4.90 Å². The van der Waals surface area contributed by atoms with Crippen LogP contribution in [0.3, 0.4) is 0 Å². The summed E-state index contributed by atoms with van der Waals surface area (Å²) in [6, 6.07) is 10.5. The second-order valence-corrected chi connectivity index (χ2v) is 6.16. The van der Waals surface area contributed by atoms with Gasteiger partial charge in [0.1, 0.15) is 5.41 Å². The smallest absolute Gasteiger partial charge is 0.318 e. The molecule has 2 bridgehead atoms. The SMILES string of the molecule is CCOC(=O)C1(c2ccccc2)CC2CCC1N(C)C2. The molecule has 2 aliphatic heterocycles. The van der Waals surface area contributed by atoms with Crippen molar-refractivity contribution in [2.24, 2.45) is 5.92 Å². The van der Waals surface area contributed by atoms with E-state index in [2.05, 4.69) is 24.1 Å². The number of benzene rings is 1. The van der Waals surface area contributed by atoms with Crippen LogP contribution in [0.4, 0.5) is 0 Å². The van der Waals surface area contributed by atoms with Gasteiger partial charge < -0.3 is 9.64 Å². The van der Waals surface area contributed by atoms with Gasteiger partial charge >= 0.3 is 5.97 Å². The zero-order valence-electron chi connectivity index (χ0n) is 12.3. The van der Waals surface area contributed by atoms with Crippen molar-refractivity contribution in [3.05, 3.63) is 35.9 Å². The Balaban J connectivity index is 2.07. The summed E-state index contributed by atoms with van der Waals surface area (Å²) in [5.41, 5.74) is 0.660. The van der Waals surface area contributed by atoms with Crippen LogP contribution in [0.2, 0.25) is 0 Å². The van der Waals surface area contributed by atoms with Crippen molar-refractivity contribution in [3.63, 3.8) is 0 Å². The van der Waals surface area contributed by atoms with E-state index in [1.807, 2.05) is 25.1 Å². The predicted octanol–water partition coefficient (Wildman–Crippen LogP) is 2.60. The minimum Gasteiger partial charge on any atom is -0.465 e. The van der Waals surface area contributed by atoms with Gasteiger partial charge in [0.05, 0.1) is 6.61 Å². The summed E-state index contributed by atoms with van der Waals surface area (Å²) in [5.74, 6) is 0.571. The molecule has 4 rings (SSSR count). The molecule has 0 aromatic heterocycles. The van der Waals surface area contributed by atoms with Gasteiger partial charge in [-0.15, -0.1) is 0 Å². The number of hydrogen-bond donors (Lipinski definition) is 0. The van der Waals surface area contributed by atoms with Crippen LogP contribution in [0.1, 0.15) is 31.7 Å². The summed E-state index contributed by atoms with van der Waals surface area (Å²) in [7, 11) is 2.15. The molecule has 3 nitrogen and oxygen atoms in total. The van der Waals surface area contributed by atoms with Crippen LogP contribution in [0.15, 0.2) is 30.3 Å². The van der Waals surface area contributed by atoms with Gasteiger partial charge in [-0.1, -0.05) is 30.3 Å². The van der Waals surface area contributed by atoms with Crippen LogP contribution in [-0.2, 0) is 14.9 Å². The van der Waals surface area contributed by atoms with Crippen molar-refractivity contribution in [2.45, 2.75) is 37.6 Å². The lowest BCUT2D eigenvalue weighted by Crippen LogP contribution is -2.63. The van der Waals surface area contributed by atoms with E-state index >= 15 is 0 Å². The van der Waals surface area contributed by atoms with Gasteiger partial charge in [-0.2, -0.15) is 0 Å². The molecule has 2 heterocycles. The van der Waals surface area contributed by atoms with Crippen LogP contribution in [0.5, 0.6) is 0 Å². The molecule has 108 valence electrons. The van der Waals surface area contributed by atoms with E-state index in [-0.39, 0.29) is 12.0 Å². The number of piperidine rings is 2. The minimum absolute atomic E-state index is 0.0348. The van der Waals surface area contributed by atoms with E-state index in [0.29, 0.717) is 12.5 Å². The molecule has 3 unspecified atom stereocenters. The highest BCUT2D eigenvalue weighted by Crippen LogP contribution is 2.49. The Kier molecular flexibility index (Phi) is 3.55. The number of likely N-dealkylation sites (N-methyl/N-ethyl adjacent to an activating group) is 1. The molecule has 0 amide bonds. The van der Waals surface area contributed by atoms with E-state index in [1.54, 1.807) is 0 Å². The molecule has 0 radical (unpaired) electrons. The molecule has 0 spiro atoms. The van der Waals surface area contributed by atoms with Gasteiger partial charge in [0.2, 0.25) is 0 Å². The number of carbonyl (C=O) groups is 1. The fourth-order valence-corrected chi connectivity index (χ4v) is 4.26. The average molecular weight is 273 g/mol. The molecular formula is C17H23NO2. The topological polar surface area (TPSA) is 29.5 Å². The number of esters is 1. The largest absolute Gasteiger partial charge is 0.465 e. The first-order valence-electron chi connectivity index (χ1n) is 7.61. The average Bonchev–Trinajstić information content (AvgIpc) is 2.48. The van der Waals surface area contributed by atoms with E-state index in [1.165, 1.54) is 6.42 Å². The van der Waals surface area contributed by atoms with Gasteiger partial charge in [0, 0.05) is 12.6 Å². The standard InChI is InChI=1S/C17H23NO2/c1-3-20-16(19)17(14-7-5-4-6-8-14)11-13-9-10-15(17)18(2)12-13/h4-8,13,15H,3,9-12H2,1-2H3. The molecule has 2 saturated heterocycles. The van der Waals surface area contributed by atoms with Gasteiger partial charge in [-0.05, 0) is 44.7 Å². The summed E-state index contributed by atoms with van der Waals surface area (Å²) in [6.45, 7) is 3.45. The van der Waals surface area contributed by atoms with Crippen LogP contribution < -0.4 is 0 Å². The molecule has 3 atom stereocenters. The van der Waals surface area contributed by atoms with E-state index in [9.17, 15) is 4.79 Å². The van der Waals surface area contributed by atoms with Crippen LogP contribution >= 0.6 is 0 Å². The van der Waals surface area contributed by atoms with E-state index in [4.69, 9.17) is 4.74 Å². The third kappa shape index (κ3) is 1.96. The van der Waals surface area contributed by atoms with Crippen molar-refractivity contribution in [3.8, 4) is 0 Å². The Hall–Kier alpha value is -1.35. The quantitative estimate of drug-likeness (QED) is 0.793. The number of ether oxygens (including phenoxy) is 1. The fraction of sp³-hybridized carbons (Fsp3) is 0.588. The molecule has 1 aliphatic carbocycles. The van der Waals surface area contributed by atoms with E-state index < -0.39 is 5.41 Å². The maximum Gasteiger partial charge on any atom is 0.318 e. The highest BCUT2D eigenvalue weighted by atomic mass is 16.5. The summed E-state index contributed by atoms with van der Waals surface area (Å²) in [5, 5.41) is 0. The monoisotopic (exact) mass is 273 g/mol. The number of carbonyl (C=O) groups excluding carboxylic acids is 1. The Bertz CT molecular complexity index is 487. The normalized spacial score (nSPS) is 33.1.